The third-order valence-corrected chi connectivity index (χ3v) is 18.8. The average molecular weight is 1040 g/mol. The molecule has 0 fully saturated rings. The van der Waals surface area contributed by atoms with Gasteiger partial charge < -0.3 is 4.90 Å². The predicted octanol–water partition coefficient (Wildman–Crippen LogP) is 21.1. The molecule has 0 radical (unpaired) electrons. The Morgan fingerprint density at radius 1 is 0.309 bits per heavy atom. The van der Waals surface area contributed by atoms with E-state index in [1.807, 2.05) is 0 Å². The van der Waals surface area contributed by atoms with Crippen molar-refractivity contribution in [3.8, 4) is 55.6 Å². The van der Waals surface area contributed by atoms with Crippen LogP contribution in [0.4, 0.5) is 17.1 Å². The van der Waals surface area contributed by atoms with Crippen LogP contribution in [-0.4, -0.2) is 0 Å². The van der Waals surface area contributed by atoms with Crippen molar-refractivity contribution in [3.63, 3.8) is 0 Å². The number of hydrogen-bond donors (Lipinski definition) is 0. The van der Waals surface area contributed by atoms with Crippen molar-refractivity contribution >= 4 is 17.1 Å². The molecule has 0 aliphatic heterocycles. The van der Waals surface area contributed by atoms with Crippen LogP contribution in [-0.2, 0) is 27.1 Å². The van der Waals surface area contributed by atoms with Crippen LogP contribution in [0, 0.1) is 0 Å². The minimum Gasteiger partial charge on any atom is -0.310 e. The zero-order chi connectivity index (χ0) is 55.6. The van der Waals surface area contributed by atoms with Gasteiger partial charge >= 0.3 is 0 Å². The molecular weight excluding hydrogens is 975 g/mol. The first kappa shape index (κ1) is 50.4. The van der Waals surface area contributed by atoms with E-state index in [0.717, 1.165) is 17.1 Å². The van der Waals surface area contributed by atoms with Gasteiger partial charge in [0.1, 0.15) is 0 Å². The lowest BCUT2D eigenvalue weighted by Gasteiger charge is -2.35. The molecule has 0 saturated heterocycles. The third kappa shape index (κ3) is 7.65. The molecule has 1 nitrogen and oxygen atoms in total. The summed E-state index contributed by atoms with van der Waals surface area (Å²) in [6.07, 6.45) is 0. The highest BCUT2D eigenvalue weighted by atomic mass is 15.1. The van der Waals surface area contributed by atoms with Crippen LogP contribution in [0.3, 0.4) is 0 Å². The maximum atomic E-state index is 2.54. The first-order valence-electron chi connectivity index (χ1n) is 29.1. The minimum atomic E-state index is -0.598. The SMILES string of the molecule is CC(C)(C)c1ccc(C2(c3ccc(C(C)(C)C)cc3)c3ccccc3-c3c(N(c4ccc(-c5ccc6c(c5)C(C)(c5ccccc5)c5ccccc5-6)cc4)c4cccc(-c5cccc6c5C(C)(C)c5ccccc5-6)c4)cccc32)cc1. The molecule has 3 aliphatic carbocycles. The molecule has 0 saturated carbocycles. The smallest absolute Gasteiger partial charge is 0.0714 e. The van der Waals surface area contributed by atoms with Crippen molar-refractivity contribution in [1.29, 1.82) is 0 Å². The fourth-order valence-electron chi connectivity index (χ4n) is 14.6. The lowest BCUT2D eigenvalue weighted by molar-refractivity contribution is 0.588. The largest absolute Gasteiger partial charge is 0.310 e. The second-order valence-electron chi connectivity index (χ2n) is 25.8. The Morgan fingerprint density at radius 2 is 0.815 bits per heavy atom. The van der Waals surface area contributed by atoms with Gasteiger partial charge in [-0.15, -0.1) is 0 Å². The summed E-state index contributed by atoms with van der Waals surface area (Å²) in [5.74, 6) is 0. The Balaban J connectivity index is 0.977. The Morgan fingerprint density at radius 3 is 1.47 bits per heavy atom. The van der Waals surface area contributed by atoms with Gasteiger partial charge in [-0.3, -0.25) is 0 Å². The molecule has 14 rings (SSSR count). The van der Waals surface area contributed by atoms with Crippen molar-refractivity contribution in [3.05, 3.63) is 316 Å². The molecule has 1 atom stereocenters. The lowest BCUT2D eigenvalue weighted by atomic mass is 9.67. The second-order valence-corrected chi connectivity index (χ2v) is 25.8. The van der Waals surface area contributed by atoms with Crippen molar-refractivity contribution < 1.29 is 0 Å². The third-order valence-electron chi connectivity index (χ3n) is 18.8. The number of nitrogens with zero attached hydrogens (tertiary/aromatic N) is 1. The topological polar surface area (TPSA) is 3.24 Å². The van der Waals surface area contributed by atoms with Gasteiger partial charge in [-0.1, -0.05) is 274 Å². The highest BCUT2D eigenvalue weighted by molar-refractivity contribution is 5.98. The Hall–Kier alpha value is -8.78. The summed E-state index contributed by atoms with van der Waals surface area (Å²) < 4.78 is 0. The zero-order valence-electron chi connectivity index (χ0n) is 48.2. The molecule has 0 N–H and O–H groups in total. The van der Waals surface area contributed by atoms with Gasteiger partial charge in [0.05, 0.1) is 11.1 Å². The van der Waals surface area contributed by atoms with Gasteiger partial charge in [-0.05, 0) is 165 Å². The molecule has 0 heterocycles. The molecule has 1 unspecified atom stereocenters. The summed E-state index contributed by atoms with van der Waals surface area (Å²) >= 11 is 0. The van der Waals surface area contributed by atoms with Crippen molar-refractivity contribution in [2.45, 2.75) is 89.4 Å². The molecule has 1 heteroatoms. The fourth-order valence-corrected chi connectivity index (χ4v) is 14.6. The standard InChI is InChI=1S/C80H69N/c1-76(2,3)55-39-43-58(44-40-55)80(59-45-41-56(42-46-59)77(4,5)6)70-33-18-15-28-67(70)74-71(80)34-21-35-73(74)81(61-25-19-22-54(50-61)62-29-20-30-66-64-27-13-16-31-68(64)78(7,8)75(62)66)60-47-36-52(37-48-60)53-38-49-65-63-26-14-17-32-69(63)79(9,72(65)51-53)57-23-11-10-12-24-57/h10-51H,1-9H3. The number of benzene rings is 11. The zero-order valence-corrected chi connectivity index (χ0v) is 48.2. The summed E-state index contributed by atoms with van der Waals surface area (Å²) in [6.45, 7) is 21.0. The van der Waals surface area contributed by atoms with Crippen molar-refractivity contribution in [2.24, 2.45) is 0 Å². The first-order valence-corrected chi connectivity index (χ1v) is 29.1. The summed E-state index contributed by atoms with van der Waals surface area (Å²) in [4.78, 5) is 2.54. The van der Waals surface area contributed by atoms with Gasteiger partial charge in [0, 0.05) is 27.8 Å². The van der Waals surface area contributed by atoms with Crippen LogP contribution in [0.5, 0.6) is 0 Å². The maximum absolute atomic E-state index is 2.54. The molecule has 11 aromatic carbocycles. The average Bonchev–Trinajstić information content (AvgIpc) is 4.27. The Labute approximate surface area is 480 Å². The van der Waals surface area contributed by atoms with Gasteiger partial charge in [0.2, 0.25) is 0 Å². The molecule has 81 heavy (non-hydrogen) atoms. The van der Waals surface area contributed by atoms with Gasteiger partial charge in [-0.2, -0.15) is 0 Å². The van der Waals surface area contributed by atoms with E-state index in [2.05, 4.69) is 322 Å². The van der Waals surface area contributed by atoms with Gasteiger partial charge in [0.25, 0.3) is 0 Å². The van der Waals surface area contributed by atoms with E-state index in [0.29, 0.717) is 0 Å². The van der Waals surface area contributed by atoms with Crippen LogP contribution in [0.1, 0.15) is 124 Å². The highest BCUT2D eigenvalue weighted by Crippen LogP contribution is 2.61. The summed E-state index contributed by atoms with van der Waals surface area (Å²) in [5, 5.41) is 0. The number of hydrogen-bond acceptors (Lipinski definition) is 1. The predicted molar refractivity (Wildman–Crippen MR) is 342 cm³/mol. The minimum absolute atomic E-state index is 0.0119. The fraction of sp³-hybridized carbons (Fsp3) is 0.175. The van der Waals surface area contributed by atoms with E-state index >= 15 is 0 Å². The molecule has 11 aromatic rings. The molecule has 0 amide bonds. The monoisotopic (exact) mass is 1040 g/mol. The number of rotatable bonds is 8. The molecule has 0 spiro atoms. The molecular formula is C80H69N. The van der Waals surface area contributed by atoms with Crippen LogP contribution in [0.2, 0.25) is 0 Å². The van der Waals surface area contributed by atoms with E-state index in [4.69, 9.17) is 0 Å². The maximum Gasteiger partial charge on any atom is 0.0714 e. The quantitative estimate of drug-likeness (QED) is 0.147. The molecule has 394 valence electrons. The Kier molecular flexibility index (Phi) is 11.4. The molecule has 3 aliphatic rings. The Bertz CT molecular complexity index is 4200. The number of anilines is 3. The van der Waals surface area contributed by atoms with Crippen LogP contribution in [0.25, 0.3) is 55.6 Å². The van der Waals surface area contributed by atoms with Gasteiger partial charge in [-0.25, -0.2) is 0 Å². The highest BCUT2D eigenvalue weighted by Gasteiger charge is 2.48. The van der Waals surface area contributed by atoms with Crippen LogP contribution >= 0.6 is 0 Å². The van der Waals surface area contributed by atoms with E-state index in [1.54, 1.807) is 0 Å². The van der Waals surface area contributed by atoms with Crippen LogP contribution in [0.15, 0.2) is 255 Å². The summed E-state index contributed by atoms with van der Waals surface area (Å²) in [6, 6.07) is 97.2. The normalized spacial score (nSPS) is 16.0. The van der Waals surface area contributed by atoms with E-state index < -0.39 is 5.41 Å². The summed E-state index contributed by atoms with van der Waals surface area (Å²) in [5.41, 5.74) is 29.5. The van der Waals surface area contributed by atoms with Crippen molar-refractivity contribution in [2.75, 3.05) is 4.90 Å². The summed E-state index contributed by atoms with van der Waals surface area (Å²) in [7, 11) is 0. The molecule has 0 aromatic heterocycles. The van der Waals surface area contributed by atoms with E-state index in [1.165, 1.54) is 117 Å². The molecule has 0 bridgehead atoms. The lowest BCUT2D eigenvalue weighted by Crippen LogP contribution is -2.29. The second kappa shape index (κ2) is 18.4. The van der Waals surface area contributed by atoms with E-state index in [9.17, 15) is 0 Å². The van der Waals surface area contributed by atoms with Crippen molar-refractivity contribution in [1.82, 2.24) is 0 Å². The number of fused-ring (bicyclic) bond motifs is 9. The van der Waals surface area contributed by atoms with Crippen LogP contribution < -0.4 is 4.90 Å². The first-order chi connectivity index (χ1) is 39.1. The van der Waals surface area contributed by atoms with Gasteiger partial charge in [0.15, 0.2) is 0 Å². The van der Waals surface area contributed by atoms with E-state index in [-0.39, 0.29) is 21.7 Å².